The van der Waals surface area contributed by atoms with Gasteiger partial charge in [0.05, 0.1) is 36.0 Å². The Kier molecular flexibility index (Phi) is 11.9. The molecule has 0 amide bonds. The van der Waals surface area contributed by atoms with Crippen molar-refractivity contribution in [3.05, 3.63) is 118 Å². The van der Waals surface area contributed by atoms with Gasteiger partial charge < -0.3 is 25.3 Å². The highest BCUT2D eigenvalue weighted by atomic mass is 32.1. The van der Waals surface area contributed by atoms with E-state index < -0.39 is 28.7 Å². The van der Waals surface area contributed by atoms with Crippen LogP contribution in [0.4, 0.5) is 24.5 Å². The van der Waals surface area contributed by atoms with E-state index in [2.05, 4.69) is 10.3 Å². The van der Waals surface area contributed by atoms with Crippen LogP contribution in [0.5, 0.6) is 5.75 Å². The monoisotopic (exact) mass is 682 g/mol. The van der Waals surface area contributed by atoms with E-state index in [0.29, 0.717) is 30.1 Å². The molecule has 3 aromatic carbocycles. The molecular weight excluding hydrogens is 645 g/mol. The van der Waals surface area contributed by atoms with Crippen LogP contribution in [0.2, 0.25) is 0 Å². The molecule has 48 heavy (non-hydrogen) atoms. The number of nitrogens with two attached hydrogens (primary N) is 1. The minimum Gasteiger partial charge on any atom is -0.497 e. The van der Waals surface area contributed by atoms with Crippen LogP contribution in [0.3, 0.4) is 0 Å². The number of ether oxygens (including phenoxy) is 1. The lowest BCUT2D eigenvalue weighted by molar-refractivity contribution is -0.384. The van der Waals surface area contributed by atoms with Gasteiger partial charge in [0.15, 0.2) is 5.11 Å². The summed E-state index contributed by atoms with van der Waals surface area (Å²) in [7, 11) is 1.53. The van der Waals surface area contributed by atoms with Crippen molar-refractivity contribution in [1.82, 2.24) is 14.5 Å². The van der Waals surface area contributed by atoms with Crippen LogP contribution in [0.15, 0.2) is 85.3 Å². The Balaban J connectivity index is 1.64. The number of carbonyl (C=O) groups excluding carboxylic acids is 1. The number of hydrogen-bond donors (Lipinski definition) is 2. The van der Waals surface area contributed by atoms with Gasteiger partial charge in [-0.15, -0.1) is 0 Å². The number of nitrogens with zero attached hydrogens (tertiary/aromatic N) is 4. The first-order valence-corrected chi connectivity index (χ1v) is 15.6. The van der Waals surface area contributed by atoms with E-state index in [4.69, 9.17) is 22.7 Å². The Bertz CT molecular complexity index is 1710. The number of hydrogen-bond acceptors (Lipinski definition) is 7. The molecule has 0 spiro atoms. The van der Waals surface area contributed by atoms with E-state index in [1.165, 1.54) is 42.3 Å². The van der Waals surface area contributed by atoms with E-state index in [-0.39, 0.29) is 41.0 Å². The van der Waals surface area contributed by atoms with Crippen LogP contribution in [-0.2, 0) is 30.5 Å². The molecule has 4 aromatic rings. The highest BCUT2D eigenvalue weighted by molar-refractivity contribution is 7.80. The van der Waals surface area contributed by atoms with Crippen LogP contribution in [0.1, 0.15) is 42.7 Å². The number of carbonyl (C=O) groups is 1. The van der Waals surface area contributed by atoms with E-state index in [1.54, 1.807) is 53.5 Å². The molecule has 1 aromatic heterocycles. The average molecular weight is 683 g/mol. The van der Waals surface area contributed by atoms with Crippen molar-refractivity contribution in [2.24, 2.45) is 17.6 Å². The highest BCUT2D eigenvalue weighted by Gasteiger charge is 2.38. The van der Waals surface area contributed by atoms with Crippen molar-refractivity contribution >= 4 is 34.5 Å². The van der Waals surface area contributed by atoms with Crippen LogP contribution in [-0.4, -0.2) is 43.5 Å². The minimum atomic E-state index is -4.62. The molecule has 254 valence electrons. The lowest BCUT2D eigenvalue weighted by atomic mass is 9.83. The zero-order chi connectivity index (χ0) is 35.0. The fraction of sp³-hybridized carbons (Fsp3) is 0.324. The second-order valence-electron chi connectivity index (χ2n) is 11.4. The highest BCUT2D eigenvalue weighted by Crippen LogP contribution is 2.34. The number of nitrogens with one attached hydrogen (secondary N) is 1. The number of methoxy groups -OCH3 is 1. The van der Waals surface area contributed by atoms with Gasteiger partial charge in [-0.05, 0) is 59.6 Å². The molecule has 0 fully saturated rings. The molecule has 0 bridgehead atoms. The molecule has 10 nitrogen and oxygen atoms in total. The third-order valence-electron chi connectivity index (χ3n) is 8.28. The summed E-state index contributed by atoms with van der Waals surface area (Å²) in [6, 6.07) is 18.1. The number of nitro benzene ring substituents is 1. The minimum absolute atomic E-state index is 0.0352. The van der Waals surface area contributed by atoms with Crippen molar-refractivity contribution in [1.29, 1.82) is 0 Å². The number of imidazole rings is 1. The van der Waals surface area contributed by atoms with Crippen LogP contribution < -0.4 is 15.8 Å². The van der Waals surface area contributed by atoms with Crippen molar-refractivity contribution in [2.75, 3.05) is 12.4 Å². The van der Waals surface area contributed by atoms with Gasteiger partial charge in [-0.2, -0.15) is 13.2 Å². The van der Waals surface area contributed by atoms with Crippen LogP contribution in [0.25, 0.3) is 0 Å². The fourth-order valence-corrected chi connectivity index (χ4v) is 5.75. The first kappa shape index (κ1) is 36.0. The molecule has 3 N–H and O–H groups in total. The lowest BCUT2D eigenvalue weighted by Gasteiger charge is -2.38. The summed E-state index contributed by atoms with van der Waals surface area (Å²) in [4.78, 5) is 30.3. The Hall–Kier alpha value is -4.82. The number of thiocarbonyl (C=S) groups is 1. The Morgan fingerprint density at radius 3 is 2.40 bits per heavy atom. The first-order valence-electron chi connectivity index (χ1n) is 15.2. The number of halogens is 3. The first-order chi connectivity index (χ1) is 22.8. The fourth-order valence-electron chi connectivity index (χ4n) is 5.45. The molecule has 0 saturated carbocycles. The van der Waals surface area contributed by atoms with Gasteiger partial charge in [-0.1, -0.05) is 50.6 Å². The number of benzene rings is 3. The average Bonchev–Trinajstić information content (AvgIpc) is 3.49. The summed E-state index contributed by atoms with van der Waals surface area (Å²) in [5.41, 5.74) is 7.89. The number of ketones is 1. The molecule has 3 atom stereocenters. The Labute approximate surface area is 281 Å². The van der Waals surface area contributed by atoms with Gasteiger partial charge in [-0.25, -0.2) is 4.98 Å². The summed E-state index contributed by atoms with van der Waals surface area (Å²) < 4.78 is 49.1. The van der Waals surface area contributed by atoms with Gasteiger partial charge >= 0.3 is 6.18 Å². The summed E-state index contributed by atoms with van der Waals surface area (Å²) in [6.07, 6.45) is -2.07. The summed E-state index contributed by atoms with van der Waals surface area (Å²) >= 11 is 5.75. The van der Waals surface area contributed by atoms with Crippen LogP contribution in [0, 0.1) is 22.0 Å². The molecule has 1 unspecified atom stereocenters. The normalized spacial score (nSPS) is 13.3. The predicted molar refractivity (Wildman–Crippen MR) is 180 cm³/mol. The molecule has 4 rings (SSSR count). The number of nitro groups is 1. The van der Waals surface area contributed by atoms with E-state index >= 15 is 0 Å². The SMILES string of the molecule is CC[C@H](C)[C@H](C(=O)Cc1cncn1Cc1ccc([N+](=O)[O-])cc1)C(N)N(Cc1ccccc1C(F)(F)F)C(=S)Nc1ccc(OC)cc1. The lowest BCUT2D eigenvalue weighted by Crippen LogP contribution is -2.55. The van der Waals surface area contributed by atoms with E-state index in [9.17, 15) is 28.1 Å². The number of non-ortho nitro benzene ring substituents is 1. The van der Waals surface area contributed by atoms with Gasteiger partial charge in [-0.3, -0.25) is 14.9 Å². The van der Waals surface area contributed by atoms with Gasteiger partial charge in [0.1, 0.15) is 11.5 Å². The number of anilines is 1. The number of aromatic nitrogens is 2. The third-order valence-corrected chi connectivity index (χ3v) is 8.61. The molecule has 0 radical (unpaired) electrons. The molecule has 0 saturated heterocycles. The van der Waals surface area contributed by atoms with Gasteiger partial charge in [0.2, 0.25) is 0 Å². The Morgan fingerprint density at radius 2 is 1.79 bits per heavy atom. The maximum Gasteiger partial charge on any atom is 0.416 e. The van der Waals surface area contributed by atoms with Crippen molar-refractivity contribution < 1.29 is 27.6 Å². The van der Waals surface area contributed by atoms with Crippen molar-refractivity contribution in [2.45, 2.75) is 52.1 Å². The molecule has 0 aliphatic rings. The second-order valence-corrected chi connectivity index (χ2v) is 11.8. The molecule has 14 heteroatoms. The summed E-state index contributed by atoms with van der Waals surface area (Å²) in [5, 5.41) is 14.2. The number of alkyl halides is 3. The topological polar surface area (TPSA) is 129 Å². The number of rotatable bonds is 14. The summed E-state index contributed by atoms with van der Waals surface area (Å²) in [5.74, 6) is -0.716. The maximum atomic E-state index is 14.1. The van der Waals surface area contributed by atoms with E-state index in [1.807, 2.05) is 13.8 Å². The predicted octanol–water partition coefficient (Wildman–Crippen LogP) is 6.82. The maximum absolute atomic E-state index is 14.1. The largest absolute Gasteiger partial charge is 0.497 e. The number of Topliss-reactive ketones (excluding diaryl/α,β-unsaturated/α-hetero) is 1. The van der Waals surface area contributed by atoms with E-state index in [0.717, 1.165) is 11.6 Å². The second kappa shape index (κ2) is 15.8. The summed E-state index contributed by atoms with van der Waals surface area (Å²) in [6.45, 7) is 3.79. The molecular formula is C34H37F3N6O4S. The Morgan fingerprint density at radius 1 is 1.12 bits per heavy atom. The molecule has 0 aliphatic carbocycles. The van der Waals surface area contributed by atoms with Gasteiger partial charge in [0, 0.05) is 49.2 Å². The quantitative estimate of drug-likeness (QED) is 0.0637. The molecule has 1 heterocycles. The van der Waals surface area contributed by atoms with Crippen LogP contribution >= 0.6 is 12.2 Å². The van der Waals surface area contributed by atoms with Crippen molar-refractivity contribution in [3.8, 4) is 5.75 Å². The molecule has 0 aliphatic heterocycles. The zero-order valence-electron chi connectivity index (χ0n) is 26.7. The standard InChI is InChI=1S/C34H37F3N6O4S/c1-4-22(2)31(30(44)17-27-18-39-21-41(27)19-23-9-13-26(14-10-23)43(45)46)32(38)42(20-24-7-5-6-8-29(24)34(35,36)37)33(48)40-25-11-15-28(47-3)16-12-25/h5-16,18,21-22,31-32H,4,17,19-20,38H2,1-3H3,(H,40,48)/t22-,31+,32?/m0/s1. The van der Waals surface area contributed by atoms with Gasteiger partial charge in [0.25, 0.3) is 5.69 Å². The smallest absolute Gasteiger partial charge is 0.416 e. The third kappa shape index (κ3) is 8.95. The van der Waals surface area contributed by atoms with Crippen molar-refractivity contribution in [3.63, 3.8) is 0 Å². The zero-order valence-corrected chi connectivity index (χ0v) is 27.5.